The van der Waals surface area contributed by atoms with Gasteiger partial charge in [-0.15, -0.1) is 0 Å². The molecule has 4 nitrogen and oxygen atoms in total. The second-order valence-electron chi connectivity index (χ2n) is 14.9. The van der Waals surface area contributed by atoms with Gasteiger partial charge in [0.1, 0.15) is 0 Å². The topological polar surface area (TPSA) is 52.6 Å². The Morgan fingerprint density at radius 2 is 0.660 bits per heavy atom. The van der Waals surface area contributed by atoms with Crippen LogP contribution in [-0.4, -0.2) is 11.9 Å². The molecule has 0 bridgehead atoms. The van der Waals surface area contributed by atoms with Crippen LogP contribution in [0.5, 0.6) is 0 Å². The van der Waals surface area contributed by atoms with E-state index >= 15 is 0 Å². The number of rotatable bonds is 38. The van der Waals surface area contributed by atoms with Gasteiger partial charge in [-0.25, -0.2) is 0 Å². The fraction of sp³-hybridized carbons (Fsp3) is 0.952. The summed E-state index contributed by atoms with van der Waals surface area (Å²) < 4.78 is 10.3. The van der Waals surface area contributed by atoms with Crippen LogP contribution in [0.4, 0.5) is 0 Å². The Hall–Kier alpha value is -0.710. The second-order valence-corrected chi connectivity index (χ2v) is 15.4. The Bertz CT molecular complexity index is 631. The molecule has 0 aromatic heterocycles. The van der Waals surface area contributed by atoms with Crippen molar-refractivity contribution < 1.29 is 18.0 Å². The zero-order chi connectivity index (χ0) is 34.5. The van der Waals surface area contributed by atoms with Crippen molar-refractivity contribution in [3.8, 4) is 0 Å². The quantitative estimate of drug-likeness (QED) is 0.0479. The third-order valence-electron chi connectivity index (χ3n) is 10.2. The molecule has 0 aliphatic carbocycles. The van der Waals surface area contributed by atoms with Crippen LogP contribution in [0.2, 0.25) is 0 Å². The molecule has 0 aliphatic rings. The molecule has 0 radical (unpaired) electrons. The van der Waals surface area contributed by atoms with Crippen LogP contribution < -0.4 is 0 Å². The van der Waals surface area contributed by atoms with E-state index in [1.165, 1.54) is 193 Å². The predicted octanol–water partition coefficient (Wildman–Crippen LogP) is 15.4. The van der Waals surface area contributed by atoms with Gasteiger partial charge < -0.3 is 8.37 Å². The Kier molecular flexibility index (Phi) is 36.0. The van der Waals surface area contributed by atoms with Gasteiger partial charge in [-0.05, 0) is 19.8 Å². The van der Waals surface area contributed by atoms with Crippen LogP contribution in [0, 0.1) is 5.41 Å². The zero-order valence-electron chi connectivity index (χ0n) is 32.3. The summed E-state index contributed by atoms with van der Waals surface area (Å²) in [5.41, 5.74) is -0.502. The number of unbranched alkanes of at least 4 members (excludes halogenated alkanes) is 30. The number of carbonyl (C=O) groups excluding carboxylic acids is 2. The highest BCUT2D eigenvalue weighted by atomic mass is 32.2. The van der Waals surface area contributed by atoms with Crippen molar-refractivity contribution in [2.45, 2.75) is 252 Å². The number of carbonyl (C=O) groups is 2. The first kappa shape index (κ1) is 46.3. The van der Waals surface area contributed by atoms with E-state index in [-0.39, 0.29) is 18.4 Å². The number of hydrogen-bond donors (Lipinski definition) is 0. The van der Waals surface area contributed by atoms with E-state index < -0.39 is 5.41 Å². The van der Waals surface area contributed by atoms with E-state index in [0.29, 0.717) is 12.3 Å². The van der Waals surface area contributed by atoms with Crippen molar-refractivity contribution in [3.63, 3.8) is 0 Å². The first-order chi connectivity index (χ1) is 23.0. The molecule has 47 heavy (non-hydrogen) atoms. The predicted molar refractivity (Wildman–Crippen MR) is 206 cm³/mol. The smallest absolute Gasteiger partial charge is 0.326 e. The maximum atomic E-state index is 13.1. The lowest BCUT2D eigenvalue weighted by molar-refractivity contribution is -0.145. The molecular weight excluding hydrogens is 601 g/mol. The third-order valence-corrected chi connectivity index (χ3v) is 10.7. The Labute approximate surface area is 299 Å². The summed E-state index contributed by atoms with van der Waals surface area (Å²) in [6.07, 6.45) is 45.2. The zero-order valence-corrected chi connectivity index (χ0v) is 33.1. The normalized spacial score (nSPS) is 11.7. The highest BCUT2D eigenvalue weighted by Gasteiger charge is 2.34. The maximum absolute atomic E-state index is 13.1. The Balaban J connectivity index is 4.03. The van der Waals surface area contributed by atoms with Gasteiger partial charge in [0.25, 0.3) is 12.3 Å². The van der Waals surface area contributed by atoms with Crippen molar-refractivity contribution in [2.75, 3.05) is 0 Å². The van der Waals surface area contributed by atoms with Crippen LogP contribution in [0.3, 0.4) is 0 Å². The van der Waals surface area contributed by atoms with E-state index in [9.17, 15) is 9.59 Å². The lowest BCUT2D eigenvalue weighted by atomic mass is 9.79. The lowest BCUT2D eigenvalue weighted by Gasteiger charge is -2.26. The van der Waals surface area contributed by atoms with Gasteiger partial charge in [0.15, 0.2) is 0 Å². The van der Waals surface area contributed by atoms with E-state index in [4.69, 9.17) is 8.37 Å². The molecular formula is C42H82O4S. The van der Waals surface area contributed by atoms with Crippen LogP contribution in [0.15, 0.2) is 0 Å². The van der Waals surface area contributed by atoms with Crippen molar-refractivity contribution >= 4 is 24.3 Å². The van der Waals surface area contributed by atoms with Gasteiger partial charge in [0.05, 0.1) is 5.41 Å². The first-order valence-electron chi connectivity index (χ1n) is 21.1. The molecule has 0 spiro atoms. The molecule has 0 unspecified atom stereocenters. The average molecular weight is 683 g/mol. The molecule has 0 rings (SSSR count). The average Bonchev–Trinajstić information content (AvgIpc) is 3.07. The van der Waals surface area contributed by atoms with Gasteiger partial charge in [-0.3, -0.25) is 9.59 Å². The van der Waals surface area contributed by atoms with Crippen LogP contribution in [0.1, 0.15) is 252 Å². The van der Waals surface area contributed by atoms with Gasteiger partial charge in [-0.1, -0.05) is 226 Å². The van der Waals surface area contributed by atoms with E-state index in [1.807, 2.05) is 0 Å². The second kappa shape index (κ2) is 36.6. The highest BCUT2D eigenvalue weighted by molar-refractivity contribution is 7.90. The van der Waals surface area contributed by atoms with Crippen LogP contribution in [-0.2, 0) is 18.0 Å². The summed E-state index contributed by atoms with van der Waals surface area (Å²) in [5, 5.41) is 0. The van der Waals surface area contributed by atoms with Crippen LogP contribution >= 0.6 is 12.3 Å². The largest absolute Gasteiger partial charge is 0.355 e. The summed E-state index contributed by atoms with van der Waals surface area (Å²) in [6, 6.07) is 0. The molecule has 280 valence electrons. The van der Waals surface area contributed by atoms with E-state index in [2.05, 4.69) is 20.8 Å². The summed E-state index contributed by atoms with van der Waals surface area (Å²) in [6.45, 7) is 8.38. The standard InChI is InChI=1S/C42H82O4S/c1-5-8-10-12-14-16-18-20-22-24-26-28-30-32-34-36-38-42(4,41(44)46-47-45-40(43)7-3)39-37-35-33-31-29-27-25-23-21-19-17-15-13-11-9-6-2/h5-39H2,1-4H3. The lowest BCUT2D eigenvalue weighted by Crippen LogP contribution is -2.29. The third kappa shape index (κ3) is 32.3. The SMILES string of the molecule is CCCCCCCCCCCCCCCCCCC(C)(CCCCCCCCCCCCCCCCCC)C(=O)OSOC(=O)CC. The minimum atomic E-state index is -0.502. The highest BCUT2D eigenvalue weighted by Crippen LogP contribution is 2.34. The molecule has 5 heteroatoms. The van der Waals surface area contributed by atoms with Gasteiger partial charge >= 0.3 is 11.9 Å². The monoisotopic (exact) mass is 683 g/mol. The Morgan fingerprint density at radius 1 is 0.404 bits per heavy atom. The van der Waals surface area contributed by atoms with Crippen molar-refractivity contribution in [2.24, 2.45) is 5.41 Å². The van der Waals surface area contributed by atoms with Crippen LogP contribution in [0.25, 0.3) is 0 Å². The molecule has 0 heterocycles. The summed E-state index contributed by atoms with van der Waals surface area (Å²) in [5.74, 6) is -0.589. The fourth-order valence-corrected chi connectivity index (χ4v) is 7.19. The minimum Gasteiger partial charge on any atom is -0.355 e. The fourth-order valence-electron chi connectivity index (χ4n) is 6.70. The summed E-state index contributed by atoms with van der Waals surface area (Å²) in [7, 11) is 0. The molecule has 0 saturated heterocycles. The van der Waals surface area contributed by atoms with Crippen molar-refractivity contribution in [3.05, 3.63) is 0 Å². The molecule has 0 atom stereocenters. The first-order valence-corrected chi connectivity index (χ1v) is 21.7. The molecule has 0 saturated carbocycles. The van der Waals surface area contributed by atoms with Gasteiger partial charge in [0.2, 0.25) is 0 Å². The number of hydrogen-bond acceptors (Lipinski definition) is 5. The summed E-state index contributed by atoms with van der Waals surface area (Å²) >= 11 is 0.551. The minimum absolute atomic E-state index is 0.228. The van der Waals surface area contributed by atoms with Crippen molar-refractivity contribution in [1.29, 1.82) is 0 Å². The molecule has 0 N–H and O–H groups in total. The van der Waals surface area contributed by atoms with Crippen molar-refractivity contribution in [1.82, 2.24) is 0 Å². The Morgan fingerprint density at radius 3 is 0.915 bits per heavy atom. The van der Waals surface area contributed by atoms with E-state index in [1.54, 1.807) is 6.92 Å². The maximum Gasteiger partial charge on any atom is 0.326 e. The van der Waals surface area contributed by atoms with E-state index in [0.717, 1.165) is 25.7 Å². The van der Waals surface area contributed by atoms with Gasteiger partial charge in [0, 0.05) is 6.42 Å². The molecule has 0 aromatic carbocycles. The molecule has 0 aromatic rings. The summed E-state index contributed by atoms with van der Waals surface area (Å²) in [4.78, 5) is 24.6. The molecule has 0 aliphatic heterocycles. The molecule has 0 amide bonds. The molecule has 0 fully saturated rings. The van der Waals surface area contributed by atoms with Gasteiger partial charge in [-0.2, -0.15) is 0 Å².